The molecule has 0 fully saturated rings. The van der Waals surface area contributed by atoms with E-state index in [1.54, 1.807) is 6.08 Å². The number of nitriles is 1. The number of allylic oxidation sites excluding steroid dienone is 3. The molecular weight excluding hydrogens is 378 g/mol. The van der Waals surface area contributed by atoms with Crippen LogP contribution in [-0.4, -0.2) is 26.4 Å². The summed E-state index contributed by atoms with van der Waals surface area (Å²) in [6.07, 6.45) is 4.45. The van der Waals surface area contributed by atoms with Crippen molar-refractivity contribution in [2.45, 2.75) is 18.8 Å². The molecule has 1 atom stereocenters. The quantitative estimate of drug-likeness (QED) is 0.543. The van der Waals surface area contributed by atoms with Crippen LogP contribution in [0.2, 0.25) is 0 Å². The number of hydrogen-bond donors (Lipinski definition) is 3. The van der Waals surface area contributed by atoms with E-state index in [-0.39, 0.29) is 23.1 Å². The molecule has 1 unspecified atom stereocenters. The summed E-state index contributed by atoms with van der Waals surface area (Å²) >= 11 is 0. The summed E-state index contributed by atoms with van der Waals surface area (Å²) in [4.78, 5) is 12.3. The van der Waals surface area contributed by atoms with E-state index in [0.29, 0.717) is 6.42 Å². The van der Waals surface area contributed by atoms with Gasteiger partial charge >= 0.3 is 0 Å². The summed E-state index contributed by atoms with van der Waals surface area (Å²) in [6.45, 7) is 0. The highest BCUT2D eigenvalue weighted by molar-refractivity contribution is 5.93. The van der Waals surface area contributed by atoms with Gasteiger partial charge in [0.15, 0.2) is 5.78 Å². The first kappa shape index (κ1) is 19.1. The van der Waals surface area contributed by atoms with Gasteiger partial charge in [0.1, 0.15) is 11.6 Å². The van der Waals surface area contributed by atoms with Gasteiger partial charge in [-0.25, -0.2) is 0 Å². The minimum atomic E-state index is 0.104. The lowest BCUT2D eigenvalue weighted by Crippen LogP contribution is -2.17. The standard InChI is InChI=1S/C22H19N7O/c23-13-17(22-26-28-29-27-22)14-24-20-8-4-5-9-21(20)25-18-10-16(11-19(30)12-18)15-6-2-1-3-7-15/h1-9,12,14,16,24-25H,10-11H2,(H,26,27,28,29). The Kier molecular flexibility index (Phi) is 5.62. The molecule has 1 aromatic heterocycles. The molecule has 3 N–H and O–H groups in total. The second-order valence-electron chi connectivity index (χ2n) is 6.87. The first-order chi connectivity index (χ1) is 14.7. The predicted molar refractivity (Wildman–Crippen MR) is 113 cm³/mol. The highest BCUT2D eigenvalue weighted by Crippen LogP contribution is 2.33. The molecule has 30 heavy (non-hydrogen) atoms. The van der Waals surface area contributed by atoms with Crippen molar-refractivity contribution >= 4 is 22.7 Å². The fourth-order valence-electron chi connectivity index (χ4n) is 3.40. The number of aromatic nitrogens is 4. The van der Waals surface area contributed by atoms with E-state index in [2.05, 4.69) is 43.4 Å². The Hall–Kier alpha value is -4.25. The Morgan fingerprint density at radius 2 is 1.87 bits per heavy atom. The predicted octanol–water partition coefficient (Wildman–Crippen LogP) is 3.62. The van der Waals surface area contributed by atoms with Gasteiger partial charge in [-0.3, -0.25) is 4.79 Å². The molecule has 3 aromatic rings. The van der Waals surface area contributed by atoms with Crippen LogP contribution >= 0.6 is 0 Å². The number of aromatic amines is 1. The molecule has 2 aromatic carbocycles. The van der Waals surface area contributed by atoms with Gasteiger partial charge in [-0.15, -0.1) is 10.2 Å². The zero-order valence-corrected chi connectivity index (χ0v) is 16.0. The largest absolute Gasteiger partial charge is 0.359 e. The van der Waals surface area contributed by atoms with E-state index < -0.39 is 0 Å². The number of nitrogens with one attached hydrogen (secondary N) is 3. The normalized spacial score (nSPS) is 16.5. The minimum absolute atomic E-state index is 0.104. The number of anilines is 2. The van der Waals surface area contributed by atoms with Crippen molar-refractivity contribution in [2.24, 2.45) is 0 Å². The molecule has 1 heterocycles. The lowest BCUT2D eigenvalue weighted by molar-refractivity contribution is -0.115. The van der Waals surface area contributed by atoms with Gasteiger partial charge in [-0.1, -0.05) is 42.5 Å². The highest BCUT2D eigenvalue weighted by Gasteiger charge is 2.22. The number of carbonyl (C=O) groups is 1. The van der Waals surface area contributed by atoms with Crippen LogP contribution in [0.5, 0.6) is 0 Å². The van der Waals surface area contributed by atoms with Crippen LogP contribution in [0.25, 0.3) is 5.57 Å². The monoisotopic (exact) mass is 397 g/mol. The average molecular weight is 397 g/mol. The number of nitrogens with zero attached hydrogens (tertiary/aromatic N) is 4. The molecule has 8 heteroatoms. The van der Waals surface area contributed by atoms with Gasteiger partial charge in [0.25, 0.3) is 0 Å². The van der Waals surface area contributed by atoms with E-state index in [1.807, 2.05) is 48.5 Å². The molecule has 0 aliphatic heterocycles. The number of ketones is 1. The van der Waals surface area contributed by atoms with Crippen molar-refractivity contribution in [3.05, 3.63) is 84.0 Å². The van der Waals surface area contributed by atoms with E-state index in [9.17, 15) is 10.1 Å². The lowest BCUT2D eigenvalue weighted by atomic mass is 9.85. The van der Waals surface area contributed by atoms with E-state index >= 15 is 0 Å². The highest BCUT2D eigenvalue weighted by atomic mass is 16.1. The van der Waals surface area contributed by atoms with E-state index in [4.69, 9.17) is 0 Å². The number of rotatable bonds is 6. The SMILES string of the molecule is N#CC(=CNc1ccccc1NC1=CC(=O)CC(c2ccccc2)C1)c1nn[nH]n1. The molecule has 0 radical (unpaired) electrons. The van der Waals surface area contributed by atoms with Crippen molar-refractivity contribution in [3.63, 3.8) is 0 Å². The topological polar surface area (TPSA) is 119 Å². The van der Waals surface area contributed by atoms with Gasteiger partial charge in [-0.2, -0.15) is 10.5 Å². The third-order valence-corrected chi connectivity index (χ3v) is 4.82. The number of benzene rings is 2. The number of carbonyl (C=O) groups excluding carboxylic acids is 1. The number of hydrogen-bond acceptors (Lipinski definition) is 7. The molecule has 0 saturated heterocycles. The van der Waals surface area contributed by atoms with E-state index in [1.165, 1.54) is 6.20 Å². The zero-order valence-electron chi connectivity index (χ0n) is 16.0. The Morgan fingerprint density at radius 3 is 2.60 bits per heavy atom. The van der Waals surface area contributed by atoms with Crippen molar-refractivity contribution < 1.29 is 4.79 Å². The smallest absolute Gasteiger partial charge is 0.216 e. The second-order valence-corrected chi connectivity index (χ2v) is 6.87. The van der Waals surface area contributed by atoms with Crippen molar-refractivity contribution in [1.82, 2.24) is 20.6 Å². The summed E-state index contributed by atoms with van der Waals surface area (Å²) < 4.78 is 0. The molecule has 0 saturated carbocycles. The fourth-order valence-corrected chi connectivity index (χ4v) is 3.40. The Balaban J connectivity index is 1.53. The van der Waals surface area contributed by atoms with E-state index in [0.717, 1.165) is 29.1 Å². The average Bonchev–Trinajstić information content (AvgIpc) is 3.30. The van der Waals surface area contributed by atoms with Crippen LogP contribution in [0.1, 0.15) is 30.1 Å². The second kappa shape index (κ2) is 8.84. The first-order valence-electron chi connectivity index (χ1n) is 9.48. The lowest BCUT2D eigenvalue weighted by Gasteiger charge is -2.24. The summed E-state index contributed by atoms with van der Waals surface area (Å²) in [7, 11) is 0. The van der Waals surface area contributed by atoms with Gasteiger partial charge in [0.2, 0.25) is 5.82 Å². The molecule has 1 aliphatic carbocycles. The third-order valence-electron chi connectivity index (χ3n) is 4.82. The van der Waals surface area contributed by atoms with Gasteiger partial charge in [0, 0.05) is 24.4 Å². The van der Waals surface area contributed by atoms with Crippen LogP contribution in [0.4, 0.5) is 11.4 Å². The molecule has 1 aliphatic rings. The number of H-pyrrole nitrogens is 1. The number of para-hydroxylation sites is 2. The van der Waals surface area contributed by atoms with Gasteiger partial charge < -0.3 is 10.6 Å². The molecule has 0 amide bonds. The summed E-state index contributed by atoms with van der Waals surface area (Å²) in [5.74, 6) is 0.461. The maximum absolute atomic E-state index is 12.3. The van der Waals surface area contributed by atoms with Crippen LogP contribution in [0.3, 0.4) is 0 Å². The fraction of sp³-hybridized carbons (Fsp3) is 0.136. The van der Waals surface area contributed by atoms with Crippen LogP contribution in [0.15, 0.2) is 72.6 Å². The third kappa shape index (κ3) is 4.42. The Labute approximate surface area is 173 Å². The first-order valence-corrected chi connectivity index (χ1v) is 9.48. The molecular formula is C22H19N7O. The summed E-state index contributed by atoms with van der Waals surface area (Å²) in [6, 6.07) is 19.7. The maximum atomic E-state index is 12.3. The molecule has 148 valence electrons. The molecule has 4 rings (SSSR count). The maximum Gasteiger partial charge on any atom is 0.216 e. The molecule has 0 spiro atoms. The minimum Gasteiger partial charge on any atom is -0.359 e. The zero-order chi connectivity index (χ0) is 20.8. The van der Waals surface area contributed by atoms with Crippen LogP contribution in [0, 0.1) is 11.3 Å². The number of tetrazole rings is 1. The molecule has 0 bridgehead atoms. The van der Waals surface area contributed by atoms with Gasteiger partial charge in [-0.05, 0) is 35.2 Å². The summed E-state index contributed by atoms with van der Waals surface area (Å²) in [5, 5.41) is 29.3. The summed E-state index contributed by atoms with van der Waals surface area (Å²) in [5.41, 5.74) is 3.81. The van der Waals surface area contributed by atoms with Crippen molar-refractivity contribution in [1.29, 1.82) is 5.26 Å². The van der Waals surface area contributed by atoms with Crippen molar-refractivity contribution in [2.75, 3.05) is 10.6 Å². The Bertz CT molecular complexity index is 1130. The van der Waals surface area contributed by atoms with Crippen LogP contribution in [-0.2, 0) is 4.79 Å². The van der Waals surface area contributed by atoms with Crippen molar-refractivity contribution in [3.8, 4) is 6.07 Å². The van der Waals surface area contributed by atoms with Crippen LogP contribution < -0.4 is 10.6 Å². The Morgan fingerprint density at radius 1 is 1.10 bits per heavy atom. The van der Waals surface area contributed by atoms with Gasteiger partial charge in [0.05, 0.1) is 11.4 Å². The molecule has 8 nitrogen and oxygen atoms in total.